The third kappa shape index (κ3) is 4.77. The first-order valence-corrected chi connectivity index (χ1v) is 11.0. The molecule has 0 aliphatic carbocycles. The van der Waals surface area contributed by atoms with Crippen LogP contribution in [-0.4, -0.2) is 23.3 Å². The van der Waals surface area contributed by atoms with Gasteiger partial charge in [0, 0.05) is 0 Å². The van der Waals surface area contributed by atoms with Crippen molar-refractivity contribution in [3.8, 4) is 5.75 Å². The van der Waals surface area contributed by atoms with Crippen LogP contribution in [0, 0.1) is 5.92 Å². The average molecular weight is 438 g/mol. The number of imide groups is 1. The Kier molecular flexibility index (Phi) is 6.32. The zero-order valence-electron chi connectivity index (χ0n) is 17.4. The third-order valence-corrected chi connectivity index (χ3v) is 5.78. The molecule has 4 rings (SSSR count). The second-order valence-corrected chi connectivity index (χ2v) is 8.56. The van der Waals surface area contributed by atoms with Crippen LogP contribution >= 0.6 is 11.8 Å². The van der Waals surface area contributed by atoms with Gasteiger partial charge in [-0.3, -0.25) is 14.5 Å². The summed E-state index contributed by atoms with van der Waals surface area (Å²) in [4.78, 5) is 28.0. The zero-order valence-corrected chi connectivity index (χ0v) is 18.2. The molecule has 1 aromatic carbocycles. The lowest BCUT2D eigenvalue weighted by atomic mass is 10.1. The molecule has 3 heterocycles. The summed E-state index contributed by atoms with van der Waals surface area (Å²) in [6, 6.07) is 14.4. The maximum atomic E-state index is 13.3. The maximum absolute atomic E-state index is 13.3. The second kappa shape index (κ2) is 9.31. The van der Waals surface area contributed by atoms with Crippen LogP contribution in [0.1, 0.15) is 30.9 Å². The van der Waals surface area contributed by atoms with Crippen molar-refractivity contribution in [2.45, 2.75) is 26.1 Å². The third-order valence-electron chi connectivity index (χ3n) is 4.68. The van der Waals surface area contributed by atoms with Crippen LogP contribution in [0.15, 0.2) is 74.8 Å². The summed E-state index contributed by atoms with van der Waals surface area (Å²) in [7, 11) is 0. The van der Waals surface area contributed by atoms with Crippen LogP contribution in [0.25, 0.3) is 5.57 Å². The molecule has 6 nitrogen and oxygen atoms in total. The van der Waals surface area contributed by atoms with Crippen molar-refractivity contribution in [2.24, 2.45) is 5.92 Å². The second-order valence-electron chi connectivity index (χ2n) is 7.58. The smallest absolute Gasteiger partial charge is 0.268 e. The van der Waals surface area contributed by atoms with E-state index >= 15 is 0 Å². The molecule has 0 N–H and O–H groups in total. The Bertz CT molecular complexity index is 1070. The van der Waals surface area contributed by atoms with Crippen molar-refractivity contribution in [1.82, 2.24) is 4.90 Å². The number of carbonyl (C=O) groups is 2. The Morgan fingerprint density at radius 2 is 1.61 bits per heavy atom. The summed E-state index contributed by atoms with van der Waals surface area (Å²) in [6.45, 7) is 4.87. The Balaban J connectivity index is 1.61. The SMILES string of the molecule is CC(C)COc1ccc(C2=C(SCc3ccco3)C(=O)N(Cc3ccco3)C2=O)cc1. The number of thioether (sulfide) groups is 1. The monoisotopic (exact) mass is 437 g/mol. The van der Waals surface area contributed by atoms with Gasteiger partial charge in [-0.2, -0.15) is 0 Å². The highest BCUT2D eigenvalue weighted by Gasteiger charge is 2.39. The predicted molar refractivity (Wildman–Crippen MR) is 118 cm³/mol. The van der Waals surface area contributed by atoms with Gasteiger partial charge in [-0.1, -0.05) is 26.0 Å². The lowest BCUT2D eigenvalue weighted by Gasteiger charge is -2.13. The topological polar surface area (TPSA) is 72.9 Å². The van der Waals surface area contributed by atoms with Crippen LogP contribution in [-0.2, 0) is 21.9 Å². The average Bonchev–Trinajstić information content (AvgIpc) is 3.50. The van der Waals surface area contributed by atoms with E-state index in [4.69, 9.17) is 13.6 Å². The summed E-state index contributed by atoms with van der Waals surface area (Å²) in [5, 5.41) is 0. The molecule has 0 fully saturated rings. The number of carbonyl (C=O) groups excluding carboxylic acids is 2. The summed E-state index contributed by atoms with van der Waals surface area (Å²) in [5.41, 5.74) is 1.07. The first-order valence-electron chi connectivity index (χ1n) is 10.0. The number of nitrogens with zero attached hydrogens (tertiary/aromatic N) is 1. The van der Waals surface area contributed by atoms with Crippen LogP contribution < -0.4 is 4.74 Å². The fourth-order valence-electron chi connectivity index (χ4n) is 3.16. The molecular formula is C24H23NO5S. The van der Waals surface area contributed by atoms with Gasteiger partial charge in [0.25, 0.3) is 11.8 Å². The molecule has 1 aliphatic rings. The molecule has 2 aromatic heterocycles. The highest BCUT2D eigenvalue weighted by Crippen LogP contribution is 2.38. The summed E-state index contributed by atoms with van der Waals surface area (Å²) in [6.07, 6.45) is 3.11. The molecule has 31 heavy (non-hydrogen) atoms. The van der Waals surface area contributed by atoms with Gasteiger partial charge < -0.3 is 13.6 Å². The van der Waals surface area contributed by atoms with Crippen molar-refractivity contribution < 1.29 is 23.2 Å². The fourth-order valence-corrected chi connectivity index (χ4v) is 4.20. The molecule has 0 saturated carbocycles. The number of rotatable bonds is 9. The number of benzene rings is 1. The molecule has 0 atom stereocenters. The number of furan rings is 2. The van der Waals surface area contributed by atoms with E-state index in [1.807, 2.05) is 30.3 Å². The van der Waals surface area contributed by atoms with E-state index in [-0.39, 0.29) is 18.4 Å². The fraction of sp³-hybridized carbons (Fsp3) is 0.250. The summed E-state index contributed by atoms with van der Waals surface area (Å²) >= 11 is 1.30. The Morgan fingerprint density at radius 3 is 2.23 bits per heavy atom. The molecule has 0 unspecified atom stereocenters. The largest absolute Gasteiger partial charge is 0.493 e. The molecule has 160 valence electrons. The molecule has 2 amide bonds. The van der Waals surface area contributed by atoms with E-state index < -0.39 is 0 Å². The predicted octanol–water partition coefficient (Wildman–Crippen LogP) is 5.12. The zero-order chi connectivity index (χ0) is 21.8. The van der Waals surface area contributed by atoms with Gasteiger partial charge in [-0.25, -0.2) is 0 Å². The van der Waals surface area contributed by atoms with Gasteiger partial charge in [-0.05, 0) is 47.9 Å². The highest BCUT2D eigenvalue weighted by atomic mass is 32.2. The maximum Gasteiger partial charge on any atom is 0.268 e. The van der Waals surface area contributed by atoms with Crippen LogP contribution in [0.3, 0.4) is 0 Å². The van der Waals surface area contributed by atoms with Crippen molar-refractivity contribution in [1.29, 1.82) is 0 Å². The van der Waals surface area contributed by atoms with Crippen LogP contribution in [0.2, 0.25) is 0 Å². The Morgan fingerprint density at radius 1 is 0.935 bits per heavy atom. The Labute approximate surface area is 184 Å². The minimum Gasteiger partial charge on any atom is -0.493 e. The van der Waals surface area contributed by atoms with Gasteiger partial charge in [0.05, 0.1) is 41.9 Å². The van der Waals surface area contributed by atoms with Gasteiger partial charge in [0.15, 0.2) is 0 Å². The summed E-state index contributed by atoms with van der Waals surface area (Å²) in [5.74, 6) is 2.22. The van der Waals surface area contributed by atoms with Crippen LogP contribution in [0.5, 0.6) is 5.75 Å². The molecular weight excluding hydrogens is 414 g/mol. The number of hydrogen-bond acceptors (Lipinski definition) is 6. The first-order chi connectivity index (χ1) is 15.0. The molecule has 1 aliphatic heterocycles. The molecule has 0 bridgehead atoms. The van der Waals surface area contributed by atoms with Crippen molar-refractivity contribution in [2.75, 3.05) is 6.61 Å². The standard InChI is InChI=1S/C24H23NO5S/c1-16(2)14-30-18-9-7-17(8-10-18)21-22(31-15-20-6-4-12-29-20)24(27)25(23(21)26)13-19-5-3-11-28-19/h3-12,16H,13-15H2,1-2H3. The highest BCUT2D eigenvalue weighted by molar-refractivity contribution is 8.03. The van der Waals surface area contributed by atoms with Crippen molar-refractivity contribution in [3.05, 3.63) is 83.0 Å². The molecule has 0 radical (unpaired) electrons. The number of amides is 2. The van der Waals surface area contributed by atoms with Crippen LogP contribution in [0.4, 0.5) is 0 Å². The molecule has 0 spiro atoms. The van der Waals surface area contributed by atoms with E-state index in [0.29, 0.717) is 40.1 Å². The lowest BCUT2D eigenvalue weighted by Crippen LogP contribution is -2.30. The van der Waals surface area contributed by atoms with Gasteiger partial charge in [-0.15, -0.1) is 11.8 Å². The van der Waals surface area contributed by atoms with E-state index in [9.17, 15) is 9.59 Å². The minimum atomic E-state index is -0.334. The first kappa shape index (κ1) is 21.1. The lowest BCUT2D eigenvalue weighted by molar-refractivity contribution is -0.137. The Hall–Kier alpha value is -3.19. The van der Waals surface area contributed by atoms with Gasteiger partial charge in [0.1, 0.15) is 17.3 Å². The molecule has 0 saturated heterocycles. The molecule has 7 heteroatoms. The van der Waals surface area contributed by atoms with Crippen molar-refractivity contribution in [3.63, 3.8) is 0 Å². The molecule has 3 aromatic rings. The van der Waals surface area contributed by atoms with Gasteiger partial charge >= 0.3 is 0 Å². The summed E-state index contributed by atoms with van der Waals surface area (Å²) < 4.78 is 16.5. The minimum absolute atomic E-state index is 0.0918. The number of ether oxygens (including phenoxy) is 1. The number of hydrogen-bond donors (Lipinski definition) is 0. The van der Waals surface area contributed by atoms with E-state index in [0.717, 1.165) is 11.5 Å². The van der Waals surface area contributed by atoms with E-state index in [2.05, 4.69) is 13.8 Å². The van der Waals surface area contributed by atoms with E-state index in [1.165, 1.54) is 22.9 Å². The van der Waals surface area contributed by atoms with Crippen molar-refractivity contribution >= 4 is 29.1 Å². The van der Waals surface area contributed by atoms with Gasteiger partial charge in [0.2, 0.25) is 0 Å². The quantitative estimate of drug-likeness (QED) is 0.433. The van der Waals surface area contributed by atoms with E-state index in [1.54, 1.807) is 24.5 Å². The normalized spacial score (nSPS) is 14.2.